The van der Waals surface area contributed by atoms with E-state index >= 15 is 0 Å². The Bertz CT molecular complexity index is 1140. The molecule has 0 fully saturated rings. The van der Waals surface area contributed by atoms with E-state index in [0.717, 1.165) is 22.0 Å². The van der Waals surface area contributed by atoms with Gasteiger partial charge in [-0.3, -0.25) is 14.5 Å². The van der Waals surface area contributed by atoms with E-state index in [2.05, 4.69) is 21.2 Å². The highest BCUT2D eigenvalue weighted by molar-refractivity contribution is 9.10. The molecule has 0 aromatic heterocycles. The lowest BCUT2D eigenvalue weighted by molar-refractivity contribution is -0.124. The van der Waals surface area contributed by atoms with Crippen LogP contribution in [0.3, 0.4) is 0 Å². The third-order valence-corrected chi connectivity index (χ3v) is 6.21. The van der Waals surface area contributed by atoms with Gasteiger partial charge in [-0.25, -0.2) is 0 Å². The molecule has 31 heavy (non-hydrogen) atoms. The predicted molar refractivity (Wildman–Crippen MR) is 124 cm³/mol. The fourth-order valence-corrected chi connectivity index (χ4v) is 4.44. The standard InChI is InChI=1S/C24H24BrN3O3/c1-4-5-18(26)28-22(14-8-6-13(2)7-9-14)20-19(24(28)30)21(27-23(20)29)15-10-11-16(25)17(12-15)31-3/h6-12,18H,4-5,26H2,1-3H3,(H,27,29). The van der Waals surface area contributed by atoms with E-state index in [-0.39, 0.29) is 11.8 Å². The minimum Gasteiger partial charge on any atom is -0.496 e. The number of nitrogens with zero attached hydrogens (tertiary/aromatic N) is 1. The van der Waals surface area contributed by atoms with Crippen LogP contribution in [0.25, 0.3) is 11.4 Å². The summed E-state index contributed by atoms with van der Waals surface area (Å²) in [5.41, 5.74) is 10.8. The van der Waals surface area contributed by atoms with Crippen molar-refractivity contribution in [3.05, 3.63) is 74.8 Å². The zero-order valence-corrected chi connectivity index (χ0v) is 19.2. The van der Waals surface area contributed by atoms with Gasteiger partial charge in [-0.05, 0) is 47.0 Å². The van der Waals surface area contributed by atoms with E-state index in [1.54, 1.807) is 18.1 Å². The summed E-state index contributed by atoms with van der Waals surface area (Å²) >= 11 is 3.44. The molecule has 2 aromatic rings. The Morgan fingerprint density at radius 2 is 1.77 bits per heavy atom. The van der Waals surface area contributed by atoms with Gasteiger partial charge < -0.3 is 15.8 Å². The van der Waals surface area contributed by atoms with Crippen molar-refractivity contribution in [2.24, 2.45) is 5.73 Å². The molecule has 7 heteroatoms. The Kier molecular flexibility index (Phi) is 5.73. The Balaban J connectivity index is 1.94. The number of halogens is 1. The maximum Gasteiger partial charge on any atom is 0.262 e. The number of fused-ring (bicyclic) bond motifs is 1. The van der Waals surface area contributed by atoms with Gasteiger partial charge in [0.05, 0.1) is 40.3 Å². The lowest BCUT2D eigenvalue weighted by Crippen LogP contribution is -2.42. The van der Waals surface area contributed by atoms with E-state index in [9.17, 15) is 9.59 Å². The number of methoxy groups -OCH3 is 1. The van der Waals surface area contributed by atoms with Gasteiger partial charge in [0.2, 0.25) is 0 Å². The maximum atomic E-state index is 13.6. The summed E-state index contributed by atoms with van der Waals surface area (Å²) in [6.45, 7) is 4.01. The number of rotatable bonds is 6. The van der Waals surface area contributed by atoms with Crippen molar-refractivity contribution in [3.8, 4) is 5.75 Å². The average molecular weight is 482 g/mol. The summed E-state index contributed by atoms with van der Waals surface area (Å²) < 4.78 is 6.18. The van der Waals surface area contributed by atoms with Gasteiger partial charge in [0, 0.05) is 5.56 Å². The smallest absolute Gasteiger partial charge is 0.262 e. The number of carbonyl (C=O) groups is 2. The van der Waals surface area contributed by atoms with Gasteiger partial charge in [-0.1, -0.05) is 49.2 Å². The molecule has 3 N–H and O–H groups in total. The Morgan fingerprint density at radius 3 is 2.42 bits per heavy atom. The van der Waals surface area contributed by atoms with Crippen molar-refractivity contribution in [2.45, 2.75) is 32.9 Å². The van der Waals surface area contributed by atoms with Crippen molar-refractivity contribution in [2.75, 3.05) is 7.11 Å². The van der Waals surface area contributed by atoms with Gasteiger partial charge in [-0.15, -0.1) is 0 Å². The van der Waals surface area contributed by atoms with Crippen LogP contribution in [0.4, 0.5) is 0 Å². The van der Waals surface area contributed by atoms with Crippen LogP contribution in [0.2, 0.25) is 0 Å². The minimum absolute atomic E-state index is 0.262. The number of carbonyl (C=O) groups excluding carboxylic acids is 2. The Labute approximate surface area is 189 Å². The molecule has 0 spiro atoms. The molecule has 0 radical (unpaired) electrons. The molecule has 0 bridgehead atoms. The van der Waals surface area contributed by atoms with Gasteiger partial charge >= 0.3 is 0 Å². The zero-order chi connectivity index (χ0) is 22.3. The van der Waals surface area contributed by atoms with Crippen LogP contribution in [0.15, 0.2) is 58.1 Å². The second-order valence-electron chi connectivity index (χ2n) is 7.67. The molecule has 1 atom stereocenters. The van der Waals surface area contributed by atoms with E-state index in [0.29, 0.717) is 40.3 Å². The molecular weight excluding hydrogens is 458 g/mol. The molecule has 0 saturated heterocycles. The van der Waals surface area contributed by atoms with E-state index in [1.807, 2.05) is 50.2 Å². The van der Waals surface area contributed by atoms with Crippen molar-refractivity contribution in [3.63, 3.8) is 0 Å². The molecule has 160 valence electrons. The quantitative estimate of drug-likeness (QED) is 0.653. The fourth-order valence-electron chi connectivity index (χ4n) is 4.03. The highest BCUT2D eigenvalue weighted by Crippen LogP contribution is 2.44. The second kappa shape index (κ2) is 8.32. The highest BCUT2D eigenvalue weighted by atomic mass is 79.9. The first-order valence-electron chi connectivity index (χ1n) is 10.2. The lowest BCUT2D eigenvalue weighted by atomic mass is 10.0. The molecule has 1 unspecified atom stereocenters. The summed E-state index contributed by atoms with van der Waals surface area (Å²) in [4.78, 5) is 28.3. The summed E-state index contributed by atoms with van der Waals surface area (Å²) in [6, 6.07) is 13.2. The molecule has 6 nitrogen and oxygen atoms in total. The van der Waals surface area contributed by atoms with Crippen molar-refractivity contribution in [1.82, 2.24) is 10.2 Å². The highest BCUT2D eigenvalue weighted by Gasteiger charge is 2.46. The van der Waals surface area contributed by atoms with Crippen LogP contribution in [0.1, 0.15) is 36.5 Å². The molecule has 0 saturated carbocycles. The molecule has 2 amide bonds. The first-order valence-corrected chi connectivity index (χ1v) is 11.0. The number of nitrogens with one attached hydrogen (secondary N) is 1. The molecular formula is C24H24BrN3O3. The largest absolute Gasteiger partial charge is 0.496 e. The number of hydrogen-bond donors (Lipinski definition) is 2. The molecule has 2 aliphatic rings. The summed E-state index contributed by atoms with van der Waals surface area (Å²) in [5, 5.41) is 2.90. The van der Waals surface area contributed by atoms with Crippen LogP contribution in [0.5, 0.6) is 5.75 Å². The molecule has 2 aromatic carbocycles. The van der Waals surface area contributed by atoms with Crippen LogP contribution in [0, 0.1) is 6.92 Å². The topological polar surface area (TPSA) is 84.7 Å². The van der Waals surface area contributed by atoms with Gasteiger partial charge in [-0.2, -0.15) is 0 Å². The van der Waals surface area contributed by atoms with Crippen LogP contribution in [-0.2, 0) is 9.59 Å². The third kappa shape index (κ3) is 3.58. The van der Waals surface area contributed by atoms with Crippen molar-refractivity contribution >= 4 is 39.1 Å². The Hall–Kier alpha value is -2.90. The fraction of sp³-hybridized carbons (Fsp3) is 0.250. The third-order valence-electron chi connectivity index (χ3n) is 5.56. The normalized spacial score (nSPS) is 16.7. The average Bonchev–Trinajstić information content (AvgIpc) is 3.25. The van der Waals surface area contributed by atoms with Gasteiger partial charge in [0.1, 0.15) is 5.75 Å². The monoisotopic (exact) mass is 481 g/mol. The van der Waals surface area contributed by atoms with E-state index in [4.69, 9.17) is 10.5 Å². The SMILES string of the molecule is CCCC(N)N1C(=O)C2=C(c3ccc(Br)c(OC)c3)NC(=O)C2=C1c1ccc(C)cc1. The predicted octanol–water partition coefficient (Wildman–Crippen LogP) is 3.95. The number of aryl methyl sites for hydroxylation is 1. The number of ether oxygens (including phenoxy) is 1. The molecule has 2 aliphatic heterocycles. The van der Waals surface area contributed by atoms with Crippen molar-refractivity contribution < 1.29 is 14.3 Å². The first kappa shape index (κ1) is 21.3. The zero-order valence-electron chi connectivity index (χ0n) is 17.7. The summed E-state index contributed by atoms with van der Waals surface area (Å²) in [6.07, 6.45) is 0.932. The molecule has 2 heterocycles. The number of benzene rings is 2. The van der Waals surface area contributed by atoms with E-state index in [1.165, 1.54) is 0 Å². The maximum absolute atomic E-state index is 13.6. The first-order chi connectivity index (χ1) is 14.9. The van der Waals surface area contributed by atoms with Crippen LogP contribution < -0.4 is 15.8 Å². The lowest BCUT2D eigenvalue weighted by Gasteiger charge is -2.28. The van der Waals surface area contributed by atoms with E-state index < -0.39 is 6.17 Å². The molecule has 4 rings (SSSR count). The van der Waals surface area contributed by atoms with Gasteiger partial charge in [0.25, 0.3) is 11.8 Å². The van der Waals surface area contributed by atoms with Crippen molar-refractivity contribution in [1.29, 1.82) is 0 Å². The summed E-state index contributed by atoms with van der Waals surface area (Å²) in [5.74, 6) is 0.0461. The van der Waals surface area contributed by atoms with Gasteiger partial charge in [0.15, 0.2) is 0 Å². The number of nitrogens with two attached hydrogens (primary N) is 1. The molecule has 0 aliphatic carbocycles. The van der Waals surface area contributed by atoms with Crippen LogP contribution in [-0.4, -0.2) is 30.0 Å². The minimum atomic E-state index is -0.520. The number of hydrogen-bond acceptors (Lipinski definition) is 4. The van der Waals surface area contributed by atoms with Crippen LogP contribution >= 0.6 is 15.9 Å². The summed E-state index contributed by atoms with van der Waals surface area (Å²) in [7, 11) is 1.57. The number of amides is 2. The Morgan fingerprint density at radius 1 is 1.10 bits per heavy atom. The second-order valence-corrected chi connectivity index (χ2v) is 8.53.